The van der Waals surface area contributed by atoms with Gasteiger partial charge in [0, 0.05) is 44.6 Å². The fourth-order valence-corrected chi connectivity index (χ4v) is 3.48. The zero-order valence-corrected chi connectivity index (χ0v) is 12.8. The number of benzene rings is 1. The van der Waals surface area contributed by atoms with Crippen LogP contribution in [0.15, 0.2) is 24.3 Å². The van der Waals surface area contributed by atoms with Gasteiger partial charge >= 0.3 is 0 Å². The van der Waals surface area contributed by atoms with E-state index in [2.05, 4.69) is 18.7 Å². The second-order valence-electron chi connectivity index (χ2n) is 7.12. The number of rotatable bonds is 4. The highest BCUT2D eigenvalue weighted by Crippen LogP contribution is 2.40. The molecule has 1 amide bonds. The third-order valence-corrected chi connectivity index (χ3v) is 4.43. The Morgan fingerprint density at radius 2 is 1.81 bits per heavy atom. The highest BCUT2D eigenvalue weighted by Gasteiger charge is 2.52. The highest BCUT2D eigenvalue weighted by atomic mass is 19.1. The molecule has 2 aliphatic rings. The highest BCUT2D eigenvalue weighted by molar-refractivity contribution is 5.77. The van der Waals surface area contributed by atoms with Crippen LogP contribution in [-0.2, 0) is 11.3 Å². The van der Waals surface area contributed by atoms with E-state index in [9.17, 15) is 9.18 Å². The van der Waals surface area contributed by atoms with Crippen LogP contribution in [0.3, 0.4) is 0 Å². The average Bonchev–Trinajstić information content (AvgIpc) is 2.31. The Morgan fingerprint density at radius 3 is 2.38 bits per heavy atom. The van der Waals surface area contributed by atoms with Crippen molar-refractivity contribution >= 4 is 5.91 Å². The predicted molar refractivity (Wildman–Crippen MR) is 80.1 cm³/mol. The van der Waals surface area contributed by atoms with E-state index >= 15 is 0 Å². The van der Waals surface area contributed by atoms with Gasteiger partial charge in [-0.3, -0.25) is 9.69 Å². The lowest BCUT2D eigenvalue weighted by Gasteiger charge is -2.60. The van der Waals surface area contributed by atoms with E-state index in [1.54, 1.807) is 0 Å². The molecule has 0 unspecified atom stereocenters. The number of hydrogen-bond acceptors (Lipinski definition) is 2. The van der Waals surface area contributed by atoms with Crippen LogP contribution in [0.1, 0.15) is 25.8 Å². The van der Waals surface area contributed by atoms with E-state index in [4.69, 9.17) is 0 Å². The summed E-state index contributed by atoms with van der Waals surface area (Å²) in [6.45, 7) is 8.98. The van der Waals surface area contributed by atoms with Gasteiger partial charge in [-0.15, -0.1) is 0 Å². The van der Waals surface area contributed by atoms with E-state index in [0.29, 0.717) is 23.7 Å². The summed E-state index contributed by atoms with van der Waals surface area (Å²) in [4.78, 5) is 16.3. The fourth-order valence-electron chi connectivity index (χ4n) is 3.48. The lowest BCUT2D eigenvalue weighted by molar-refractivity contribution is -0.160. The first-order chi connectivity index (χ1) is 9.96. The standard InChI is InChI=1S/C17H23FN2O/c1-13(2)7-16(21)20-11-17(12-20)9-19(10-17)8-14-3-5-15(18)6-4-14/h3-6,13H,7-12H2,1-2H3. The molecule has 0 bridgehead atoms. The molecule has 4 heteroatoms. The molecule has 0 saturated carbocycles. The van der Waals surface area contributed by atoms with E-state index in [1.807, 2.05) is 17.0 Å². The van der Waals surface area contributed by atoms with Crippen molar-refractivity contribution in [2.75, 3.05) is 26.2 Å². The molecule has 3 nitrogen and oxygen atoms in total. The Hall–Kier alpha value is -1.42. The quantitative estimate of drug-likeness (QED) is 0.850. The monoisotopic (exact) mass is 290 g/mol. The first-order valence-corrected chi connectivity index (χ1v) is 7.70. The molecule has 2 heterocycles. The summed E-state index contributed by atoms with van der Waals surface area (Å²) in [5, 5.41) is 0. The van der Waals surface area contributed by atoms with Crippen molar-refractivity contribution in [2.45, 2.75) is 26.8 Å². The number of hydrogen-bond donors (Lipinski definition) is 0. The number of amides is 1. The summed E-state index contributed by atoms with van der Waals surface area (Å²) in [5.41, 5.74) is 1.49. The Labute approximate surface area is 125 Å². The summed E-state index contributed by atoms with van der Waals surface area (Å²) < 4.78 is 12.9. The van der Waals surface area contributed by atoms with Crippen molar-refractivity contribution in [3.8, 4) is 0 Å². The molecular formula is C17H23FN2O. The average molecular weight is 290 g/mol. The van der Waals surface area contributed by atoms with Crippen molar-refractivity contribution in [3.05, 3.63) is 35.6 Å². The third-order valence-electron chi connectivity index (χ3n) is 4.43. The zero-order valence-electron chi connectivity index (χ0n) is 12.8. The Morgan fingerprint density at radius 1 is 1.19 bits per heavy atom. The molecule has 0 aliphatic carbocycles. The number of nitrogens with zero attached hydrogens (tertiary/aromatic N) is 2. The van der Waals surface area contributed by atoms with Gasteiger partial charge in [0.05, 0.1) is 0 Å². The molecule has 1 aromatic carbocycles. The molecule has 0 atom stereocenters. The molecule has 1 spiro atoms. The normalized spacial score (nSPS) is 20.5. The van der Waals surface area contributed by atoms with Crippen LogP contribution in [0.4, 0.5) is 4.39 Å². The Balaban J connectivity index is 1.43. The second kappa shape index (κ2) is 5.41. The SMILES string of the molecule is CC(C)CC(=O)N1CC2(CN(Cc3ccc(F)cc3)C2)C1. The summed E-state index contributed by atoms with van der Waals surface area (Å²) in [6, 6.07) is 6.72. The maximum absolute atomic E-state index is 12.9. The van der Waals surface area contributed by atoms with Gasteiger partial charge in [0.25, 0.3) is 0 Å². The summed E-state index contributed by atoms with van der Waals surface area (Å²) in [6.07, 6.45) is 0.662. The number of likely N-dealkylation sites (tertiary alicyclic amines) is 2. The maximum Gasteiger partial charge on any atom is 0.222 e. The number of carbonyl (C=O) groups excluding carboxylic acids is 1. The third kappa shape index (κ3) is 3.10. The van der Waals surface area contributed by atoms with Crippen molar-refractivity contribution in [2.24, 2.45) is 11.3 Å². The minimum absolute atomic E-state index is 0.183. The predicted octanol–water partition coefficient (Wildman–Crippen LogP) is 2.52. The molecule has 3 rings (SSSR count). The summed E-state index contributed by atoms with van der Waals surface area (Å²) in [5.74, 6) is 0.551. The molecule has 2 aliphatic heterocycles. The Bertz CT molecular complexity index is 512. The van der Waals surface area contributed by atoms with Crippen LogP contribution in [0.5, 0.6) is 0 Å². The molecule has 0 radical (unpaired) electrons. The lowest BCUT2D eigenvalue weighted by atomic mass is 9.72. The van der Waals surface area contributed by atoms with Crippen molar-refractivity contribution in [3.63, 3.8) is 0 Å². The van der Waals surface area contributed by atoms with Crippen molar-refractivity contribution in [1.82, 2.24) is 9.80 Å². The minimum atomic E-state index is -0.183. The van der Waals surface area contributed by atoms with Gasteiger partial charge in [0.1, 0.15) is 5.82 Å². The fraction of sp³-hybridized carbons (Fsp3) is 0.588. The molecule has 2 fully saturated rings. The van der Waals surface area contributed by atoms with Crippen LogP contribution >= 0.6 is 0 Å². The first-order valence-electron chi connectivity index (χ1n) is 7.70. The van der Waals surface area contributed by atoms with E-state index in [1.165, 1.54) is 12.1 Å². The van der Waals surface area contributed by atoms with Crippen LogP contribution in [-0.4, -0.2) is 41.9 Å². The topological polar surface area (TPSA) is 23.6 Å². The first kappa shape index (κ1) is 14.5. The van der Waals surface area contributed by atoms with Crippen LogP contribution in [0, 0.1) is 17.2 Å². The minimum Gasteiger partial charge on any atom is -0.341 e. The molecule has 21 heavy (non-hydrogen) atoms. The molecule has 1 aromatic rings. The molecular weight excluding hydrogens is 267 g/mol. The smallest absolute Gasteiger partial charge is 0.222 e. The van der Waals surface area contributed by atoms with Gasteiger partial charge in [0.2, 0.25) is 5.91 Å². The van der Waals surface area contributed by atoms with Crippen LogP contribution in [0.2, 0.25) is 0 Å². The molecule has 114 valence electrons. The summed E-state index contributed by atoms with van der Waals surface area (Å²) >= 11 is 0. The number of carbonyl (C=O) groups is 1. The number of halogens is 1. The lowest BCUT2D eigenvalue weighted by Crippen LogP contribution is -2.72. The van der Waals surface area contributed by atoms with Gasteiger partial charge in [-0.1, -0.05) is 26.0 Å². The Kier molecular flexibility index (Phi) is 3.74. The largest absolute Gasteiger partial charge is 0.341 e. The second-order valence-corrected chi connectivity index (χ2v) is 7.12. The molecule has 0 N–H and O–H groups in total. The van der Waals surface area contributed by atoms with Crippen LogP contribution in [0.25, 0.3) is 0 Å². The molecule has 2 saturated heterocycles. The van der Waals surface area contributed by atoms with Crippen LogP contribution < -0.4 is 0 Å². The van der Waals surface area contributed by atoms with Gasteiger partial charge in [-0.05, 0) is 23.6 Å². The zero-order chi connectivity index (χ0) is 15.0. The van der Waals surface area contributed by atoms with Gasteiger partial charge in [-0.25, -0.2) is 4.39 Å². The summed E-state index contributed by atoms with van der Waals surface area (Å²) in [7, 11) is 0. The van der Waals surface area contributed by atoms with Crippen molar-refractivity contribution in [1.29, 1.82) is 0 Å². The maximum atomic E-state index is 12.9. The van der Waals surface area contributed by atoms with Gasteiger partial charge in [-0.2, -0.15) is 0 Å². The van der Waals surface area contributed by atoms with Gasteiger partial charge < -0.3 is 4.90 Å². The van der Waals surface area contributed by atoms with E-state index in [-0.39, 0.29) is 5.82 Å². The van der Waals surface area contributed by atoms with Gasteiger partial charge in [0.15, 0.2) is 0 Å². The van der Waals surface area contributed by atoms with E-state index in [0.717, 1.165) is 38.3 Å². The van der Waals surface area contributed by atoms with Crippen molar-refractivity contribution < 1.29 is 9.18 Å². The van der Waals surface area contributed by atoms with E-state index < -0.39 is 0 Å². The molecule has 0 aromatic heterocycles.